The topological polar surface area (TPSA) is 59.9 Å². The Kier molecular flexibility index (Phi) is 7.03. The Hall–Kier alpha value is -3.12. The molecule has 0 atom stereocenters. The van der Waals surface area contributed by atoms with E-state index >= 15 is 0 Å². The summed E-state index contributed by atoms with van der Waals surface area (Å²) in [6, 6.07) is 20.7. The van der Waals surface area contributed by atoms with Crippen LogP contribution >= 0.6 is 15.9 Å². The van der Waals surface area contributed by atoms with E-state index in [9.17, 15) is 4.79 Å². The molecule has 29 heavy (non-hydrogen) atoms. The van der Waals surface area contributed by atoms with Crippen molar-refractivity contribution < 1.29 is 14.3 Å². The maximum Gasteiger partial charge on any atom is 0.271 e. The quantitative estimate of drug-likeness (QED) is 0.400. The number of carbonyl (C=O) groups is 1. The van der Waals surface area contributed by atoms with Crippen LogP contribution in [0.2, 0.25) is 0 Å². The van der Waals surface area contributed by atoms with Crippen LogP contribution in [0.25, 0.3) is 0 Å². The lowest BCUT2D eigenvalue weighted by Gasteiger charge is -2.07. The SMILES string of the molecule is COc1ccc(Br)cc1/C=N/NC(=O)c1ccc(OCc2ccc(C)cc2)cc1. The summed E-state index contributed by atoms with van der Waals surface area (Å²) >= 11 is 3.40. The normalized spacial score (nSPS) is 10.7. The van der Waals surface area contributed by atoms with Gasteiger partial charge in [0.15, 0.2) is 0 Å². The summed E-state index contributed by atoms with van der Waals surface area (Å²) in [5, 5.41) is 4.02. The molecule has 1 N–H and O–H groups in total. The van der Waals surface area contributed by atoms with Gasteiger partial charge >= 0.3 is 0 Å². The number of aryl methyl sites for hydroxylation is 1. The molecule has 148 valence electrons. The molecule has 0 aliphatic rings. The van der Waals surface area contributed by atoms with Gasteiger partial charge in [0.25, 0.3) is 5.91 Å². The summed E-state index contributed by atoms with van der Waals surface area (Å²) in [4.78, 5) is 12.3. The van der Waals surface area contributed by atoms with Crippen molar-refractivity contribution >= 4 is 28.1 Å². The van der Waals surface area contributed by atoms with Gasteiger partial charge in [-0.1, -0.05) is 45.8 Å². The van der Waals surface area contributed by atoms with Crippen LogP contribution in [0.15, 0.2) is 76.3 Å². The third kappa shape index (κ3) is 5.93. The molecule has 0 fully saturated rings. The number of amides is 1. The molecule has 0 radical (unpaired) electrons. The van der Waals surface area contributed by atoms with Crippen LogP contribution in [-0.2, 0) is 6.61 Å². The Labute approximate surface area is 178 Å². The molecule has 0 heterocycles. The van der Waals surface area contributed by atoms with Crippen molar-refractivity contribution in [3.8, 4) is 11.5 Å². The monoisotopic (exact) mass is 452 g/mol. The Morgan fingerprint density at radius 3 is 2.48 bits per heavy atom. The van der Waals surface area contributed by atoms with Gasteiger partial charge in [-0.2, -0.15) is 5.10 Å². The predicted molar refractivity (Wildman–Crippen MR) is 118 cm³/mol. The molecule has 0 aromatic heterocycles. The number of hydrogen-bond donors (Lipinski definition) is 1. The number of halogens is 1. The van der Waals surface area contributed by atoms with Gasteiger partial charge in [0.05, 0.1) is 13.3 Å². The second-order valence-electron chi connectivity index (χ2n) is 6.38. The summed E-state index contributed by atoms with van der Waals surface area (Å²) in [5.74, 6) is 1.06. The third-order valence-corrected chi connectivity index (χ3v) is 4.70. The highest BCUT2D eigenvalue weighted by Crippen LogP contribution is 2.21. The highest BCUT2D eigenvalue weighted by Gasteiger charge is 2.06. The van der Waals surface area contributed by atoms with Crippen LogP contribution in [0.4, 0.5) is 0 Å². The smallest absolute Gasteiger partial charge is 0.271 e. The van der Waals surface area contributed by atoms with E-state index in [1.54, 1.807) is 37.6 Å². The average molecular weight is 453 g/mol. The van der Waals surface area contributed by atoms with Crippen LogP contribution in [-0.4, -0.2) is 19.2 Å². The lowest BCUT2D eigenvalue weighted by molar-refractivity contribution is 0.0955. The van der Waals surface area contributed by atoms with Crippen molar-refractivity contribution in [2.45, 2.75) is 13.5 Å². The van der Waals surface area contributed by atoms with Crippen molar-refractivity contribution in [3.05, 3.63) is 93.5 Å². The maximum absolute atomic E-state index is 12.3. The van der Waals surface area contributed by atoms with Crippen LogP contribution in [0.3, 0.4) is 0 Å². The molecule has 0 saturated heterocycles. The van der Waals surface area contributed by atoms with Gasteiger partial charge in [-0.3, -0.25) is 4.79 Å². The zero-order valence-electron chi connectivity index (χ0n) is 16.2. The van der Waals surface area contributed by atoms with E-state index in [1.807, 2.05) is 37.3 Å². The summed E-state index contributed by atoms with van der Waals surface area (Å²) in [6.07, 6.45) is 1.54. The highest BCUT2D eigenvalue weighted by molar-refractivity contribution is 9.10. The average Bonchev–Trinajstić information content (AvgIpc) is 2.74. The summed E-state index contributed by atoms with van der Waals surface area (Å²) in [6.45, 7) is 2.53. The molecular formula is C23H21BrN2O3. The molecule has 0 aliphatic carbocycles. The van der Waals surface area contributed by atoms with E-state index < -0.39 is 0 Å². The lowest BCUT2D eigenvalue weighted by atomic mass is 10.2. The van der Waals surface area contributed by atoms with Gasteiger partial charge in [-0.15, -0.1) is 0 Å². The van der Waals surface area contributed by atoms with E-state index in [0.717, 1.165) is 15.6 Å². The first-order valence-electron chi connectivity index (χ1n) is 9.00. The zero-order valence-corrected chi connectivity index (χ0v) is 17.8. The molecule has 5 nitrogen and oxygen atoms in total. The largest absolute Gasteiger partial charge is 0.496 e. The van der Waals surface area contributed by atoms with Crippen LogP contribution in [0, 0.1) is 6.92 Å². The number of benzene rings is 3. The van der Waals surface area contributed by atoms with Gasteiger partial charge in [-0.05, 0) is 55.0 Å². The molecular weight excluding hydrogens is 432 g/mol. The molecule has 0 unspecified atom stereocenters. The van der Waals surface area contributed by atoms with Gasteiger partial charge in [-0.25, -0.2) is 5.43 Å². The van der Waals surface area contributed by atoms with E-state index in [0.29, 0.717) is 23.7 Å². The number of rotatable bonds is 7. The van der Waals surface area contributed by atoms with E-state index in [-0.39, 0.29) is 5.91 Å². The van der Waals surface area contributed by atoms with Gasteiger partial charge in [0.1, 0.15) is 18.1 Å². The number of hydrogen-bond acceptors (Lipinski definition) is 4. The molecule has 0 aliphatic heterocycles. The molecule has 0 saturated carbocycles. The van der Waals surface area contributed by atoms with Crippen LogP contribution in [0.5, 0.6) is 11.5 Å². The Balaban J connectivity index is 1.56. The zero-order chi connectivity index (χ0) is 20.6. The number of ether oxygens (including phenoxy) is 2. The van der Waals surface area contributed by atoms with Gasteiger partial charge < -0.3 is 9.47 Å². The molecule has 1 amide bonds. The summed E-state index contributed by atoms with van der Waals surface area (Å²) < 4.78 is 11.9. The molecule has 3 aromatic rings. The van der Waals surface area contributed by atoms with Crippen molar-refractivity contribution in [2.75, 3.05) is 7.11 Å². The summed E-state index contributed by atoms with van der Waals surface area (Å²) in [5.41, 5.74) is 6.07. The molecule has 0 bridgehead atoms. The Morgan fingerprint density at radius 1 is 1.07 bits per heavy atom. The van der Waals surface area contributed by atoms with Crippen LogP contribution in [0.1, 0.15) is 27.0 Å². The van der Waals surface area contributed by atoms with E-state index in [4.69, 9.17) is 9.47 Å². The summed E-state index contributed by atoms with van der Waals surface area (Å²) in [7, 11) is 1.58. The molecule has 0 spiro atoms. The van der Waals surface area contributed by atoms with E-state index in [1.165, 1.54) is 5.56 Å². The van der Waals surface area contributed by atoms with Crippen molar-refractivity contribution in [1.29, 1.82) is 0 Å². The number of nitrogens with one attached hydrogen (secondary N) is 1. The standard InChI is InChI=1S/C23H21BrN2O3/c1-16-3-5-17(6-4-16)15-29-21-10-7-18(8-11-21)23(27)26-25-14-19-13-20(24)9-12-22(19)28-2/h3-14H,15H2,1-2H3,(H,26,27)/b25-14+. The number of carbonyl (C=O) groups excluding carboxylic acids is 1. The second-order valence-corrected chi connectivity index (χ2v) is 7.30. The third-order valence-electron chi connectivity index (χ3n) is 4.20. The first-order chi connectivity index (χ1) is 14.0. The van der Waals surface area contributed by atoms with E-state index in [2.05, 4.69) is 38.6 Å². The fourth-order valence-electron chi connectivity index (χ4n) is 2.58. The minimum absolute atomic E-state index is 0.305. The lowest BCUT2D eigenvalue weighted by Crippen LogP contribution is -2.17. The van der Waals surface area contributed by atoms with Gasteiger partial charge in [0.2, 0.25) is 0 Å². The minimum atomic E-state index is -0.305. The Morgan fingerprint density at radius 2 is 1.79 bits per heavy atom. The predicted octanol–water partition coefficient (Wildman–Crippen LogP) is 5.11. The Bertz CT molecular complexity index is 1000. The van der Waals surface area contributed by atoms with Crippen molar-refractivity contribution in [1.82, 2.24) is 5.43 Å². The first kappa shape index (κ1) is 20.6. The highest BCUT2D eigenvalue weighted by atomic mass is 79.9. The fourth-order valence-corrected chi connectivity index (χ4v) is 2.96. The molecule has 3 aromatic carbocycles. The molecule has 3 rings (SSSR count). The number of methoxy groups -OCH3 is 1. The van der Waals surface area contributed by atoms with Crippen molar-refractivity contribution in [3.63, 3.8) is 0 Å². The van der Waals surface area contributed by atoms with Crippen molar-refractivity contribution in [2.24, 2.45) is 5.10 Å². The van der Waals surface area contributed by atoms with Crippen LogP contribution < -0.4 is 14.9 Å². The maximum atomic E-state index is 12.3. The number of hydrazone groups is 1. The number of nitrogens with zero attached hydrogens (tertiary/aromatic N) is 1. The second kappa shape index (κ2) is 9.89. The fraction of sp³-hybridized carbons (Fsp3) is 0.130. The first-order valence-corrected chi connectivity index (χ1v) is 9.80. The molecule has 6 heteroatoms. The minimum Gasteiger partial charge on any atom is -0.496 e. The van der Waals surface area contributed by atoms with Gasteiger partial charge in [0, 0.05) is 15.6 Å².